The van der Waals surface area contributed by atoms with Gasteiger partial charge in [-0.25, -0.2) is 13.5 Å². The number of rotatable bonds is 5. The number of piperazine rings is 1. The zero-order chi connectivity index (χ0) is 21.2. The summed E-state index contributed by atoms with van der Waals surface area (Å²) in [6.45, 7) is 3.10. The van der Waals surface area contributed by atoms with E-state index < -0.39 is 0 Å². The molecule has 1 aliphatic heterocycles. The van der Waals surface area contributed by atoms with Crippen LogP contribution < -0.4 is 9.80 Å². The normalized spacial score (nSPS) is 19.1. The van der Waals surface area contributed by atoms with Gasteiger partial charge in [-0.05, 0) is 59.7 Å². The number of anilines is 1. The summed E-state index contributed by atoms with van der Waals surface area (Å²) in [5.41, 5.74) is 1.65. The molecule has 2 aromatic carbocycles. The SMILES string of the molecule is Fc1ccc([C@H](c2nnnn2C2CCCC2)[NH+]2CCN(c3ccccc3F)CC2)cc1. The Morgan fingerprint density at radius 1 is 0.935 bits per heavy atom. The standard InChI is InChI=1S/C23H26F2N6/c24-18-11-9-17(10-12-18)22(23-26-27-28-31(23)19-5-1-2-6-19)30-15-13-29(14-16-30)21-8-4-3-7-20(21)25/h3-4,7-12,19,22H,1-2,5-6,13-16H2/p+1/t22-/m1/s1. The van der Waals surface area contributed by atoms with Crippen molar-refractivity contribution in [2.75, 3.05) is 31.1 Å². The molecule has 1 saturated heterocycles. The highest BCUT2D eigenvalue weighted by molar-refractivity contribution is 5.47. The maximum Gasteiger partial charge on any atom is 0.214 e. The van der Waals surface area contributed by atoms with Crippen molar-refractivity contribution in [3.63, 3.8) is 0 Å². The van der Waals surface area contributed by atoms with Crippen LogP contribution in [0.4, 0.5) is 14.5 Å². The van der Waals surface area contributed by atoms with Crippen LogP contribution in [0.5, 0.6) is 0 Å². The van der Waals surface area contributed by atoms with Gasteiger partial charge in [0.2, 0.25) is 5.82 Å². The van der Waals surface area contributed by atoms with Crippen molar-refractivity contribution in [3.8, 4) is 0 Å². The summed E-state index contributed by atoms with van der Waals surface area (Å²) < 4.78 is 29.9. The number of halogens is 2. The second-order valence-electron chi connectivity index (χ2n) is 8.50. The number of aromatic nitrogens is 4. The van der Waals surface area contributed by atoms with Crippen LogP contribution in [0.1, 0.15) is 49.2 Å². The first-order chi connectivity index (χ1) is 15.2. The van der Waals surface area contributed by atoms with Crippen LogP contribution in [0, 0.1) is 11.6 Å². The molecule has 2 fully saturated rings. The molecule has 6 nitrogen and oxygen atoms in total. The van der Waals surface area contributed by atoms with E-state index in [1.807, 2.05) is 28.9 Å². The highest BCUT2D eigenvalue weighted by Crippen LogP contribution is 2.31. The fourth-order valence-corrected chi connectivity index (χ4v) is 5.05. The molecular formula is C23H27F2N6+. The summed E-state index contributed by atoms with van der Waals surface area (Å²) in [6, 6.07) is 13.8. The van der Waals surface area contributed by atoms with Crippen molar-refractivity contribution in [1.82, 2.24) is 20.2 Å². The van der Waals surface area contributed by atoms with Gasteiger partial charge in [-0.2, -0.15) is 0 Å². The fourth-order valence-electron chi connectivity index (χ4n) is 5.05. The average molecular weight is 426 g/mol. The van der Waals surface area contributed by atoms with Crippen molar-refractivity contribution in [1.29, 1.82) is 0 Å². The number of para-hydroxylation sites is 1. The number of benzene rings is 2. The molecule has 1 saturated carbocycles. The highest BCUT2D eigenvalue weighted by Gasteiger charge is 2.36. The number of tetrazole rings is 1. The van der Waals surface area contributed by atoms with E-state index in [-0.39, 0.29) is 17.7 Å². The van der Waals surface area contributed by atoms with Crippen LogP contribution in [0.15, 0.2) is 48.5 Å². The monoisotopic (exact) mass is 425 g/mol. The molecule has 0 bridgehead atoms. The summed E-state index contributed by atoms with van der Waals surface area (Å²) >= 11 is 0. The summed E-state index contributed by atoms with van der Waals surface area (Å²) in [5.74, 6) is 0.399. The summed E-state index contributed by atoms with van der Waals surface area (Å²) in [6.07, 6.45) is 4.56. The third-order valence-electron chi connectivity index (χ3n) is 6.66. The lowest BCUT2D eigenvalue weighted by atomic mass is 10.0. The minimum Gasteiger partial charge on any atom is -0.358 e. The Labute approximate surface area is 180 Å². The van der Waals surface area contributed by atoms with Gasteiger partial charge in [0, 0.05) is 5.56 Å². The molecule has 1 aliphatic carbocycles. The van der Waals surface area contributed by atoms with Gasteiger partial charge in [-0.1, -0.05) is 25.0 Å². The second-order valence-corrected chi connectivity index (χ2v) is 8.50. The molecule has 31 heavy (non-hydrogen) atoms. The van der Waals surface area contributed by atoms with Crippen molar-refractivity contribution in [3.05, 3.63) is 71.6 Å². The third kappa shape index (κ3) is 4.04. The Morgan fingerprint density at radius 3 is 2.35 bits per heavy atom. The maximum absolute atomic E-state index is 14.3. The number of nitrogens with zero attached hydrogens (tertiary/aromatic N) is 5. The number of nitrogens with one attached hydrogen (secondary N) is 1. The minimum absolute atomic E-state index is 0.0843. The van der Waals surface area contributed by atoms with E-state index >= 15 is 0 Å². The molecule has 1 N–H and O–H groups in total. The molecule has 2 aliphatic rings. The van der Waals surface area contributed by atoms with Crippen LogP contribution in [0.25, 0.3) is 0 Å². The van der Waals surface area contributed by atoms with Gasteiger partial charge in [0.05, 0.1) is 37.9 Å². The summed E-state index contributed by atoms with van der Waals surface area (Å²) in [7, 11) is 0. The lowest BCUT2D eigenvalue weighted by molar-refractivity contribution is -0.927. The Morgan fingerprint density at radius 2 is 1.65 bits per heavy atom. The smallest absolute Gasteiger partial charge is 0.214 e. The van der Waals surface area contributed by atoms with Crippen LogP contribution in [0.3, 0.4) is 0 Å². The van der Waals surface area contributed by atoms with Gasteiger partial charge < -0.3 is 9.80 Å². The Hall–Kier alpha value is -2.87. The highest BCUT2D eigenvalue weighted by atomic mass is 19.1. The van der Waals surface area contributed by atoms with Gasteiger partial charge in [0.1, 0.15) is 11.6 Å². The van der Waals surface area contributed by atoms with Gasteiger partial charge in [0.25, 0.3) is 0 Å². The number of hydrogen-bond donors (Lipinski definition) is 1. The van der Waals surface area contributed by atoms with Crippen molar-refractivity contribution in [2.45, 2.75) is 37.8 Å². The lowest BCUT2D eigenvalue weighted by Gasteiger charge is -2.37. The van der Waals surface area contributed by atoms with Crippen molar-refractivity contribution < 1.29 is 13.7 Å². The second kappa shape index (κ2) is 8.70. The van der Waals surface area contributed by atoms with E-state index in [4.69, 9.17) is 0 Å². The van der Waals surface area contributed by atoms with E-state index in [0.29, 0.717) is 11.7 Å². The molecular weight excluding hydrogens is 398 g/mol. The molecule has 0 unspecified atom stereocenters. The molecule has 0 radical (unpaired) electrons. The van der Waals surface area contributed by atoms with E-state index in [9.17, 15) is 8.78 Å². The Bertz CT molecular complexity index is 1010. The van der Waals surface area contributed by atoms with E-state index in [1.54, 1.807) is 6.07 Å². The lowest BCUT2D eigenvalue weighted by Crippen LogP contribution is -3.15. The first-order valence-corrected chi connectivity index (χ1v) is 11.1. The Kier molecular flexibility index (Phi) is 5.63. The Balaban J connectivity index is 1.43. The predicted octanol–water partition coefficient (Wildman–Crippen LogP) is 2.56. The minimum atomic E-state index is -0.253. The molecule has 3 aromatic rings. The predicted molar refractivity (Wildman–Crippen MR) is 113 cm³/mol. The van der Waals surface area contributed by atoms with Crippen molar-refractivity contribution in [2.24, 2.45) is 0 Å². The van der Waals surface area contributed by atoms with E-state index in [1.165, 1.54) is 35.9 Å². The first-order valence-electron chi connectivity index (χ1n) is 11.1. The fraction of sp³-hybridized carbons (Fsp3) is 0.435. The largest absolute Gasteiger partial charge is 0.358 e. The zero-order valence-corrected chi connectivity index (χ0v) is 17.4. The molecule has 8 heteroatoms. The molecule has 0 amide bonds. The number of hydrogen-bond acceptors (Lipinski definition) is 4. The van der Waals surface area contributed by atoms with Gasteiger partial charge in [0.15, 0.2) is 6.04 Å². The summed E-state index contributed by atoms with van der Waals surface area (Å²) in [5, 5.41) is 12.8. The molecule has 2 heterocycles. The quantitative estimate of drug-likeness (QED) is 0.683. The molecule has 1 atom stereocenters. The van der Waals surface area contributed by atoms with Gasteiger partial charge >= 0.3 is 0 Å². The van der Waals surface area contributed by atoms with Crippen LogP contribution in [0.2, 0.25) is 0 Å². The van der Waals surface area contributed by atoms with E-state index in [0.717, 1.165) is 50.4 Å². The zero-order valence-electron chi connectivity index (χ0n) is 17.4. The molecule has 0 spiro atoms. The van der Waals surface area contributed by atoms with Crippen LogP contribution >= 0.6 is 0 Å². The topological polar surface area (TPSA) is 51.3 Å². The number of quaternary nitrogens is 1. The molecule has 162 valence electrons. The molecule has 1 aromatic heterocycles. The average Bonchev–Trinajstić information content (AvgIpc) is 3.48. The van der Waals surface area contributed by atoms with Gasteiger partial charge in [-0.3, -0.25) is 0 Å². The van der Waals surface area contributed by atoms with Gasteiger partial charge in [-0.15, -0.1) is 5.10 Å². The first kappa shape index (κ1) is 20.1. The molecule has 5 rings (SSSR count). The van der Waals surface area contributed by atoms with Crippen molar-refractivity contribution >= 4 is 5.69 Å². The third-order valence-corrected chi connectivity index (χ3v) is 6.66. The van der Waals surface area contributed by atoms with E-state index in [2.05, 4.69) is 20.4 Å². The summed E-state index contributed by atoms with van der Waals surface area (Å²) in [4.78, 5) is 3.41. The van der Waals surface area contributed by atoms with Crippen LogP contribution in [-0.2, 0) is 0 Å². The van der Waals surface area contributed by atoms with Crippen LogP contribution in [-0.4, -0.2) is 46.4 Å². The maximum atomic E-state index is 14.3.